The molecule has 0 heterocycles. The average molecular weight is 373 g/mol. The van der Waals surface area contributed by atoms with Crippen molar-refractivity contribution in [1.29, 1.82) is 0 Å². The van der Waals surface area contributed by atoms with E-state index in [0.29, 0.717) is 11.5 Å². The minimum Gasteiger partial charge on any atom is -0.456 e. The smallest absolute Gasteiger partial charge is 0.145 e. The SMILES string of the molecule is CCCNCc1ccc(Oc2ccc(Cl)c(F)c2)c(Br)c1. The van der Waals surface area contributed by atoms with Gasteiger partial charge in [-0.25, -0.2) is 4.39 Å². The molecule has 0 spiro atoms. The van der Waals surface area contributed by atoms with E-state index in [-0.39, 0.29) is 5.02 Å². The van der Waals surface area contributed by atoms with Gasteiger partial charge in [0, 0.05) is 12.6 Å². The van der Waals surface area contributed by atoms with Crippen molar-refractivity contribution in [1.82, 2.24) is 5.32 Å². The Balaban J connectivity index is 2.08. The Hall–Kier alpha value is -1.10. The Morgan fingerprint density at radius 2 is 2.05 bits per heavy atom. The number of benzene rings is 2. The van der Waals surface area contributed by atoms with Gasteiger partial charge in [0.1, 0.15) is 17.3 Å². The zero-order valence-electron chi connectivity index (χ0n) is 11.6. The lowest BCUT2D eigenvalue weighted by Crippen LogP contribution is -2.13. The van der Waals surface area contributed by atoms with Crippen LogP contribution in [0.5, 0.6) is 11.5 Å². The Morgan fingerprint density at radius 1 is 1.24 bits per heavy atom. The molecule has 0 aromatic heterocycles. The summed E-state index contributed by atoms with van der Waals surface area (Å²) in [7, 11) is 0. The van der Waals surface area contributed by atoms with Crippen LogP contribution in [-0.2, 0) is 6.54 Å². The molecule has 0 radical (unpaired) electrons. The van der Waals surface area contributed by atoms with E-state index in [9.17, 15) is 4.39 Å². The van der Waals surface area contributed by atoms with Crippen molar-refractivity contribution in [2.75, 3.05) is 6.54 Å². The number of halogens is 3. The summed E-state index contributed by atoms with van der Waals surface area (Å²) in [6.07, 6.45) is 1.10. The van der Waals surface area contributed by atoms with Crippen molar-refractivity contribution in [2.24, 2.45) is 0 Å². The first-order valence-electron chi connectivity index (χ1n) is 6.72. The summed E-state index contributed by atoms with van der Waals surface area (Å²) in [5.41, 5.74) is 1.16. The molecule has 5 heteroatoms. The number of ether oxygens (including phenoxy) is 1. The van der Waals surface area contributed by atoms with Gasteiger partial charge >= 0.3 is 0 Å². The van der Waals surface area contributed by atoms with Crippen molar-refractivity contribution < 1.29 is 9.13 Å². The summed E-state index contributed by atoms with van der Waals surface area (Å²) in [6.45, 7) is 3.92. The van der Waals surface area contributed by atoms with Gasteiger partial charge in [-0.1, -0.05) is 24.6 Å². The molecule has 2 rings (SSSR count). The summed E-state index contributed by atoms with van der Waals surface area (Å²) in [4.78, 5) is 0. The molecule has 0 atom stereocenters. The second-order valence-corrected chi connectivity index (χ2v) is 5.88. The lowest BCUT2D eigenvalue weighted by molar-refractivity contribution is 0.473. The van der Waals surface area contributed by atoms with Crippen LogP contribution in [-0.4, -0.2) is 6.54 Å². The van der Waals surface area contributed by atoms with Gasteiger partial charge in [0.25, 0.3) is 0 Å². The number of nitrogens with one attached hydrogen (secondary N) is 1. The molecular formula is C16H16BrClFNO. The number of hydrogen-bond acceptors (Lipinski definition) is 2. The molecule has 2 aromatic carbocycles. The highest BCUT2D eigenvalue weighted by Gasteiger charge is 2.07. The van der Waals surface area contributed by atoms with E-state index >= 15 is 0 Å². The summed E-state index contributed by atoms with van der Waals surface area (Å²) in [5.74, 6) is 0.552. The third-order valence-electron chi connectivity index (χ3n) is 2.87. The van der Waals surface area contributed by atoms with Crippen LogP contribution in [0.3, 0.4) is 0 Å². The van der Waals surface area contributed by atoms with Gasteiger partial charge in [-0.2, -0.15) is 0 Å². The summed E-state index contributed by atoms with van der Waals surface area (Å²) in [6, 6.07) is 10.2. The second kappa shape index (κ2) is 7.78. The first kappa shape index (κ1) is 16.3. The molecule has 2 aromatic rings. The molecule has 0 amide bonds. The molecule has 0 saturated heterocycles. The van der Waals surface area contributed by atoms with Gasteiger partial charge in [0.05, 0.1) is 9.50 Å². The second-order valence-electron chi connectivity index (χ2n) is 4.62. The average Bonchev–Trinajstić information content (AvgIpc) is 2.46. The fourth-order valence-electron chi connectivity index (χ4n) is 1.81. The Labute approximate surface area is 137 Å². The summed E-state index contributed by atoms with van der Waals surface area (Å²) in [5, 5.41) is 3.42. The fraction of sp³-hybridized carbons (Fsp3) is 0.250. The molecule has 0 aliphatic rings. The van der Waals surface area contributed by atoms with Gasteiger partial charge in [0.15, 0.2) is 0 Å². The maximum absolute atomic E-state index is 13.4. The van der Waals surface area contributed by atoms with E-state index in [1.807, 2.05) is 18.2 Å². The van der Waals surface area contributed by atoms with Crippen LogP contribution in [0.1, 0.15) is 18.9 Å². The van der Waals surface area contributed by atoms with Crippen LogP contribution >= 0.6 is 27.5 Å². The number of hydrogen-bond donors (Lipinski definition) is 1. The minimum atomic E-state index is -0.495. The lowest BCUT2D eigenvalue weighted by atomic mass is 10.2. The van der Waals surface area contributed by atoms with E-state index in [0.717, 1.165) is 29.5 Å². The molecule has 1 N–H and O–H groups in total. The van der Waals surface area contributed by atoms with Crippen LogP contribution in [0, 0.1) is 5.82 Å². The molecule has 0 aliphatic heterocycles. The number of rotatable bonds is 6. The zero-order valence-corrected chi connectivity index (χ0v) is 14.0. The molecular weight excluding hydrogens is 357 g/mol. The van der Waals surface area contributed by atoms with Crippen molar-refractivity contribution >= 4 is 27.5 Å². The molecule has 21 heavy (non-hydrogen) atoms. The van der Waals surface area contributed by atoms with Gasteiger partial charge in [0.2, 0.25) is 0 Å². The minimum absolute atomic E-state index is 0.0822. The first-order chi connectivity index (χ1) is 10.1. The Bertz CT molecular complexity index is 621. The predicted molar refractivity (Wildman–Crippen MR) is 87.6 cm³/mol. The molecule has 2 nitrogen and oxygen atoms in total. The van der Waals surface area contributed by atoms with E-state index in [1.165, 1.54) is 12.1 Å². The Morgan fingerprint density at radius 3 is 2.71 bits per heavy atom. The van der Waals surface area contributed by atoms with E-state index in [4.69, 9.17) is 16.3 Å². The summed E-state index contributed by atoms with van der Waals surface area (Å²) >= 11 is 9.12. The maximum Gasteiger partial charge on any atom is 0.145 e. The van der Waals surface area contributed by atoms with Gasteiger partial charge < -0.3 is 10.1 Å². The Kier molecular flexibility index (Phi) is 6.03. The highest BCUT2D eigenvalue weighted by atomic mass is 79.9. The molecule has 112 valence electrons. The highest BCUT2D eigenvalue weighted by molar-refractivity contribution is 9.10. The quantitative estimate of drug-likeness (QED) is 0.673. The molecule has 0 bridgehead atoms. The van der Waals surface area contributed by atoms with E-state index in [2.05, 4.69) is 28.2 Å². The van der Waals surface area contributed by atoms with Crippen LogP contribution in [0.4, 0.5) is 4.39 Å². The van der Waals surface area contributed by atoms with Crippen LogP contribution < -0.4 is 10.1 Å². The zero-order chi connectivity index (χ0) is 15.2. The van der Waals surface area contributed by atoms with Gasteiger partial charge in [-0.05, 0) is 58.7 Å². The topological polar surface area (TPSA) is 21.3 Å². The highest BCUT2D eigenvalue weighted by Crippen LogP contribution is 2.31. The van der Waals surface area contributed by atoms with Crippen molar-refractivity contribution in [2.45, 2.75) is 19.9 Å². The monoisotopic (exact) mass is 371 g/mol. The van der Waals surface area contributed by atoms with E-state index in [1.54, 1.807) is 6.07 Å². The molecule has 0 saturated carbocycles. The predicted octanol–water partition coefficient (Wildman–Crippen LogP) is 5.53. The van der Waals surface area contributed by atoms with Crippen molar-refractivity contribution in [3.63, 3.8) is 0 Å². The van der Waals surface area contributed by atoms with Gasteiger partial charge in [-0.15, -0.1) is 0 Å². The standard InChI is InChI=1S/C16H16BrClFNO/c1-2-7-20-10-11-3-6-16(13(17)8-11)21-12-4-5-14(18)15(19)9-12/h3-6,8-9,20H,2,7,10H2,1H3. The van der Waals surface area contributed by atoms with Crippen LogP contribution in [0.25, 0.3) is 0 Å². The van der Waals surface area contributed by atoms with Crippen molar-refractivity contribution in [3.8, 4) is 11.5 Å². The van der Waals surface area contributed by atoms with E-state index < -0.39 is 5.82 Å². The largest absolute Gasteiger partial charge is 0.456 e. The first-order valence-corrected chi connectivity index (χ1v) is 7.89. The fourth-order valence-corrected chi connectivity index (χ4v) is 2.44. The lowest BCUT2D eigenvalue weighted by Gasteiger charge is -2.10. The third-order valence-corrected chi connectivity index (χ3v) is 3.80. The van der Waals surface area contributed by atoms with Crippen molar-refractivity contribution in [3.05, 3.63) is 57.3 Å². The molecule has 0 unspecified atom stereocenters. The molecule has 0 fully saturated rings. The van der Waals surface area contributed by atoms with Gasteiger partial charge in [-0.3, -0.25) is 0 Å². The normalized spacial score (nSPS) is 10.7. The molecule has 0 aliphatic carbocycles. The third kappa shape index (κ3) is 4.70. The maximum atomic E-state index is 13.4. The van der Waals surface area contributed by atoms with Crippen LogP contribution in [0.2, 0.25) is 5.02 Å². The summed E-state index contributed by atoms with van der Waals surface area (Å²) < 4.78 is 19.9. The van der Waals surface area contributed by atoms with Crippen LogP contribution in [0.15, 0.2) is 40.9 Å².